The maximum atomic E-state index is 12.3. The fourth-order valence-corrected chi connectivity index (χ4v) is 2.42. The average Bonchev–Trinajstić information content (AvgIpc) is 2.38. The zero-order valence-corrected chi connectivity index (χ0v) is 11.6. The summed E-state index contributed by atoms with van der Waals surface area (Å²) in [5, 5.41) is 3.11. The monoisotopic (exact) mass is 262 g/mol. The number of carbonyl (C=O) groups excluding carboxylic acids is 1. The normalized spacial score (nSPS) is 24.7. The highest BCUT2D eigenvalue weighted by Crippen LogP contribution is 2.22. The number of carbonyl (C=O) groups is 1. The molecule has 4 nitrogen and oxygen atoms in total. The van der Waals surface area contributed by atoms with Crippen LogP contribution in [-0.4, -0.2) is 24.7 Å². The van der Waals surface area contributed by atoms with Crippen molar-refractivity contribution in [3.63, 3.8) is 0 Å². The molecule has 1 aliphatic rings. The summed E-state index contributed by atoms with van der Waals surface area (Å²) in [6.45, 7) is 5.31. The van der Waals surface area contributed by atoms with Gasteiger partial charge in [0.25, 0.3) is 0 Å². The van der Waals surface area contributed by atoms with E-state index in [-0.39, 0.29) is 17.4 Å². The number of benzene rings is 1. The van der Waals surface area contributed by atoms with Crippen LogP contribution in [0.4, 0.5) is 5.69 Å². The van der Waals surface area contributed by atoms with E-state index in [4.69, 9.17) is 10.5 Å². The molecule has 0 spiro atoms. The SMILES string of the molecule is CC(C(=O)NC1(C)CCCOC1)c1cccc(N)c1. The lowest BCUT2D eigenvalue weighted by molar-refractivity contribution is -0.125. The number of hydrogen-bond donors (Lipinski definition) is 2. The van der Waals surface area contributed by atoms with E-state index in [1.165, 1.54) is 0 Å². The van der Waals surface area contributed by atoms with Crippen LogP contribution in [0.3, 0.4) is 0 Å². The predicted octanol–water partition coefficient (Wildman–Crippen LogP) is 2.06. The highest BCUT2D eigenvalue weighted by Gasteiger charge is 2.31. The first kappa shape index (κ1) is 13.9. The Morgan fingerprint density at radius 3 is 2.95 bits per heavy atom. The smallest absolute Gasteiger partial charge is 0.227 e. The highest BCUT2D eigenvalue weighted by molar-refractivity contribution is 5.84. The summed E-state index contributed by atoms with van der Waals surface area (Å²) in [6.07, 6.45) is 1.95. The van der Waals surface area contributed by atoms with Gasteiger partial charge in [0.05, 0.1) is 18.1 Å². The minimum absolute atomic E-state index is 0.0265. The zero-order chi connectivity index (χ0) is 13.9. The van der Waals surface area contributed by atoms with Crippen LogP contribution in [0.1, 0.15) is 38.2 Å². The number of nitrogens with one attached hydrogen (secondary N) is 1. The summed E-state index contributed by atoms with van der Waals surface area (Å²) >= 11 is 0. The summed E-state index contributed by atoms with van der Waals surface area (Å²) in [5.41, 5.74) is 7.14. The standard InChI is InChI=1S/C15H22N2O2/c1-11(12-5-3-6-13(16)9-12)14(18)17-15(2)7-4-8-19-10-15/h3,5-6,9,11H,4,7-8,10,16H2,1-2H3,(H,17,18). The van der Waals surface area contributed by atoms with Crippen LogP contribution in [0, 0.1) is 0 Å². The second kappa shape index (κ2) is 5.61. The molecule has 104 valence electrons. The maximum absolute atomic E-state index is 12.3. The molecule has 0 aliphatic carbocycles. The summed E-state index contributed by atoms with van der Waals surface area (Å²) in [7, 11) is 0. The van der Waals surface area contributed by atoms with Crippen molar-refractivity contribution in [3.05, 3.63) is 29.8 Å². The summed E-state index contributed by atoms with van der Waals surface area (Å²) in [4.78, 5) is 12.3. The Hall–Kier alpha value is -1.55. The molecule has 0 saturated carbocycles. The van der Waals surface area contributed by atoms with Gasteiger partial charge in [-0.15, -0.1) is 0 Å². The van der Waals surface area contributed by atoms with Crippen LogP contribution in [0.2, 0.25) is 0 Å². The Labute approximate surface area is 114 Å². The van der Waals surface area contributed by atoms with Crippen LogP contribution in [0.15, 0.2) is 24.3 Å². The molecule has 1 aromatic carbocycles. The fraction of sp³-hybridized carbons (Fsp3) is 0.533. The molecule has 2 unspecified atom stereocenters. The third-order valence-electron chi connectivity index (χ3n) is 3.67. The van der Waals surface area contributed by atoms with E-state index in [1.54, 1.807) is 0 Å². The number of hydrogen-bond acceptors (Lipinski definition) is 3. The number of rotatable bonds is 3. The van der Waals surface area contributed by atoms with Crippen molar-refractivity contribution in [1.82, 2.24) is 5.32 Å². The zero-order valence-electron chi connectivity index (χ0n) is 11.6. The average molecular weight is 262 g/mol. The highest BCUT2D eigenvalue weighted by atomic mass is 16.5. The Morgan fingerprint density at radius 1 is 1.53 bits per heavy atom. The maximum Gasteiger partial charge on any atom is 0.227 e. The first-order valence-corrected chi connectivity index (χ1v) is 6.75. The molecular formula is C15H22N2O2. The molecule has 1 aliphatic heterocycles. The Kier molecular flexibility index (Phi) is 4.10. The molecule has 1 fully saturated rings. The third kappa shape index (κ3) is 3.47. The molecule has 2 rings (SSSR count). The minimum atomic E-state index is -0.246. The summed E-state index contributed by atoms with van der Waals surface area (Å²) < 4.78 is 5.46. The van der Waals surface area contributed by atoms with E-state index in [1.807, 2.05) is 38.1 Å². The summed E-state index contributed by atoms with van der Waals surface area (Å²) in [6, 6.07) is 7.48. The predicted molar refractivity (Wildman–Crippen MR) is 75.9 cm³/mol. The molecule has 0 radical (unpaired) electrons. The van der Waals surface area contributed by atoms with Crippen molar-refractivity contribution < 1.29 is 9.53 Å². The van der Waals surface area contributed by atoms with Crippen molar-refractivity contribution >= 4 is 11.6 Å². The third-order valence-corrected chi connectivity index (χ3v) is 3.67. The van der Waals surface area contributed by atoms with E-state index in [0.29, 0.717) is 12.3 Å². The molecule has 4 heteroatoms. The quantitative estimate of drug-likeness (QED) is 0.819. The van der Waals surface area contributed by atoms with Crippen molar-refractivity contribution in [2.24, 2.45) is 0 Å². The molecular weight excluding hydrogens is 240 g/mol. The van der Waals surface area contributed by atoms with Gasteiger partial charge in [0.15, 0.2) is 0 Å². The van der Waals surface area contributed by atoms with Gasteiger partial charge in [-0.05, 0) is 44.4 Å². The molecule has 19 heavy (non-hydrogen) atoms. The largest absolute Gasteiger partial charge is 0.399 e. The number of anilines is 1. The molecule has 1 aromatic rings. The number of amides is 1. The number of nitrogen functional groups attached to an aromatic ring is 1. The van der Waals surface area contributed by atoms with Crippen molar-refractivity contribution in [3.8, 4) is 0 Å². The van der Waals surface area contributed by atoms with E-state index in [0.717, 1.165) is 25.0 Å². The van der Waals surface area contributed by atoms with Crippen LogP contribution in [-0.2, 0) is 9.53 Å². The second-order valence-electron chi connectivity index (χ2n) is 5.60. The first-order valence-electron chi connectivity index (χ1n) is 6.75. The van der Waals surface area contributed by atoms with Gasteiger partial charge < -0.3 is 15.8 Å². The lowest BCUT2D eigenvalue weighted by atomic mass is 9.92. The van der Waals surface area contributed by atoms with E-state index in [9.17, 15) is 4.79 Å². The lowest BCUT2D eigenvalue weighted by Gasteiger charge is -2.35. The van der Waals surface area contributed by atoms with Crippen LogP contribution >= 0.6 is 0 Å². The molecule has 0 aromatic heterocycles. The van der Waals surface area contributed by atoms with Crippen LogP contribution in [0.5, 0.6) is 0 Å². The van der Waals surface area contributed by atoms with Crippen molar-refractivity contribution in [2.75, 3.05) is 18.9 Å². The number of ether oxygens (including phenoxy) is 1. The van der Waals surface area contributed by atoms with Gasteiger partial charge in [-0.1, -0.05) is 12.1 Å². The molecule has 1 heterocycles. The van der Waals surface area contributed by atoms with Crippen molar-refractivity contribution in [2.45, 2.75) is 38.1 Å². The van der Waals surface area contributed by atoms with Gasteiger partial charge in [0.2, 0.25) is 5.91 Å². The molecule has 0 bridgehead atoms. The van der Waals surface area contributed by atoms with Crippen LogP contribution < -0.4 is 11.1 Å². The first-order chi connectivity index (χ1) is 9.00. The Morgan fingerprint density at radius 2 is 2.32 bits per heavy atom. The minimum Gasteiger partial charge on any atom is -0.399 e. The Balaban J connectivity index is 2.03. The topological polar surface area (TPSA) is 64.3 Å². The van der Waals surface area contributed by atoms with E-state index < -0.39 is 0 Å². The fourth-order valence-electron chi connectivity index (χ4n) is 2.42. The van der Waals surface area contributed by atoms with Gasteiger partial charge in [-0.3, -0.25) is 4.79 Å². The number of nitrogens with two attached hydrogens (primary N) is 1. The molecule has 1 saturated heterocycles. The Bertz CT molecular complexity index is 453. The lowest BCUT2D eigenvalue weighted by Crippen LogP contribution is -2.52. The molecule has 1 amide bonds. The molecule has 3 N–H and O–H groups in total. The van der Waals surface area contributed by atoms with Gasteiger partial charge >= 0.3 is 0 Å². The van der Waals surface area contributed by atoms with Gasteiger partial charge in [0.1, 0.15) is 0 Å². The van der Waals surface area contributed by atoms with Gasteiger partial charge in [-0.2, -0.15) is 0 Å². The van der Waals surface area contributed by atoms with Gasteiger partial charge in [0, 0.05) is 12.3 Å². The van der Waals surface area contributed by atoms with Gasteiger partial charge in [-0.25, -0.2) is 0 Å². The van der Waals surface area contributed by atoms with Crippen LogP contribution in [0.25, 0.3) is 0 Å². The van der Waals surface area contributed by atoms with E-state index >= 15 is 0 Å². The van der Waals surface area contributed by atoms with E-state index in [2.05, 4.69) is 5.32 Å². The molecule has 2 atom stereocenters. The van der Waals surface area contributed by atoms with Crippen molar-refractivity contribution in [1.29, 1.82) is 0 Å². The summed E-state index contributed by atoms with van der Waals surface area (Å²) in [5.74, 6) is -0.180. The second-order valence-corrected chi connectivity index (χ2v) is 5.60.